The Kier molecular flexibility index (Phi) is 5.81. The number of likely N-dealkylation sites (tertiary alicyclic amines) is 1. The Morgan fingerprint density at radius 1 is 1.17 bits per heavy atom. The number of carbonyl (C=O) groups excluding carboxylic acids is 2. The lowest BCUT2D eigenvalue weighted by Gasteiger charge is -2.33. The van der Waals surface area contributed by atoms with Gasteiger partial charge in [0.25, 0.3) is 0 Å². The molecule has 152 valence electrons. The molecular weight excluding hydrogens is 382 g/mol. The van der Waals surface area contributed by atoms with Crippen LogP contribution in [0.1, 0.15) is 67.0 Å². The van der Waals surface area contributed by atoms with Gasteiger partial charge in [0.1, 0.15) is 5.82 Å². The van der Waals surface area contributed by atoms with E-state index < -0.39 is 0 Å². The van der Waals surface area contributed by atoms with Crippen molar-refractivity contribution in [3.8, 4) is 0 Å². The van der Waals surface area contributed by atoms with E-state index in [4.69, 9.17) is 4.98 Å². The molecule has 6 heteroatoms. The molecule has 0 saturated carbocycles. The molecule has 0 bridgehead atoms. The van der Waals surface area contributed by atoms with Gasteiger partial charge in [-0.3, -0.25) is 9.59 Å². The summed E-state index contributed by atoms with van der Waals surface area (Å²) >= 11 is 1.44. The van der Waals surface area contributed by atoms with Crippen molar-refractivity contribution in [1.82, 2.24) is 14.5 Å². The number of rotatable bonds is 6. The predicted octanol–water partition coefficient (Wildman–Crippen LogP) is 5.05. The van der Waals surface area contributed by atoms with Crippen molar-refractivity contribution in [3.63, 3.8) is 0 Å². The third-order valence-corrected chi connectivity index (χ3v) is 6.55. The maximum Gasteiger partial charge on any atom is 0.223 e. The molecule has 0 aliphatic carbocycles. The van der Waals surface area contributed by atoms with Crippen LogP contribution in [-0.4, -0.2) is 39.2 Å². The van der Waals surface area contributed by atoms with Gasteiger partial charge < -0.3 is 9.47 Å². The third kappa shape index (κ3) is 4.13. The number of imidazole rings is 1. The molecule has 3 aromatic rings. The number of ketones is 1. The van der Waals surface area contributed by atoms with Crippen LogP contribution in [0.4, 0.5) is 0 Å². The van der Waals surface area contributed by atoms with Gasteiger partial charge in [0, 0.05) is 37.9 Å². The Bertz CT molecular complexity index is 1010. The van der Waals surface area contributed by atoms with Gasteiger partial charge in [0.2, 0.25) is 5.91 Å². The molecular formula is C23H27N3O2S. The number of hydrogen-bond acceptors (Lipinski definition) is 4. The summed E-state index contributed by atoms with van der Waals surface area (Å²) in [7, 11) is 0. The molecule has 3 heterocycles. The summed E-state index contributed by atoms with van der Waals surface area (Å²) in [6.45, 7) is 5.81. The van der Waals surface area contributed by atoms with Crippen molar-refractivity contribution in [2.45, 2.75) is 51.5 Å². The van der Waals surface area contributed by atoms with Gasteiger partial charge in [-0.2, -0.15) is 0 Å². The smallest absolute Gasteiger partial charge is 0.223 e. The van der Waals surface area contributed by atoms with E-state index in [9.17, 15) is 9.59 Å². The molecule has 29 heavy (non-hydrogen) atoms. The molecule has 1 aliphatic rings. The Morgan fingerprint density at radius 3 is 2.76 bits per heavy atom. The quantitative estimate of drug-likeness (QED) is 0.536. The average Bonchev–Trinajstić information content (AvgIpc) is 3.39. The van der Waals surface area contributed by atoms with E-state index in [1.54, 1.807) is 0 Å². The molecule has 1 unspecified atom stereocenters. The van der Waals surface area contributed by atoms with E-state index in [-0.39, 0.29) is 30.4 Å². The van der Waals surface area contributed by atoms with Crippen LogP contribution in [0.25, 0.3) is 11.0 Å². The van der Waals surface area contributed by atoms with E-state index in [0.29, 0.717) is 12.6 Å². The molecule has 1 aliphatic heterocycles. The second-order valence-corrected chi connectivity index (χ2v) is 8.95. The van der Waals surface area contributed by atoms with Crippen LogP contribution in [-0.2, 0) is 4.79 Å². The fourth-order valence-electron chi connectivity index (χ4n) is 4.25. The molecule has 0 spiro atoms. The zero-order valence-corrected chi connectivity index (χ0v) is 17.8. The summed E-state index contributed by atoms with van der Waals surface area (Å²) in [4.78, 5) is 32.6. The van der Waals surface area contributed by atoms with E-state index in [2.05, 4.69) is 30.5 Å². The van der Waals surface area contributed by atoms with E-state index in [1.807, 2.05) is 34.5 Å². The number of carbonyl (C=O) groups is 2. The zero-order chi connectivity index (χ0) is 20.4. The molecule has 1 saturated heterocycles. The SMILES string of the molecule is CC(C)n1c(C2CCCN(C(=O)CCC(=O)c3cccs3)C2)nc2ccccc21. The van der Waals surface area contributed by atoms with Crippen LogP contribution in [0, 0.1) is 0 Å². The highest BCUT2D eigenvalue weighted by molar-refractivity contribution is 7.12. The number of benzene rings is 1. The lowest BCUT2D eigenvalue weighted by atomic mass is 9.96. The first-order valence-corrected chi connectivity index (χ1v) is 11.2. The summed E-state index contributed by atoms with van der Waals surface area (Å²) < 4.78 is 2.31. The summed E-state index contributed by atoms with van der Waals surface area (Å²) in [5.74, 6) is 1.44. The summed E-state index contributed by atoms with van der Waals surface area (Å²) in [5, 5.41) is 1.89. The van der Waals surface area contributed by atoms with Crippen molar-refractivity contribution >= 4 is 34.1 Å². The number of nitrogens with zero attached hydrogens (tertiary/aromatic N) is 3. The second-order valence-electron chi connectivity index (χ2n) is 8.00. The Hall–Kier alpha value is -2.47. The van der Waals surface area contributed by atoms with Crippen molar-refractivity contribution in [2.75, 3.05) is 13.1 Å². The summed E-state index contributed by atoms with van der Waals surface area (Å²) in [5.41, 5.74) is 2.17. The number of amides is 1. The van der Waals surface area contributed by atoms with Crippen molar-refractivity contribution in [2.24, 2.45) is 0 Å². The lowest BCUT2D eigenvalue weighted by molar-refractivity contribution is -0.132. The number of thiophene rings is 1. The zero-order valence-electron chi connectivity index (χ0n) is 17.0. The molecule has 1 amide bonds. The highest BCUT2D eigenvalue weighted by Crippen LogP contribution is 2.32. The summed E-state index contributed by atoms with van der Waals surface area (Å²) in [6.07, 6.45) is 2.57. The van der Waals surface area contributed by atoms with Gasteiger partial charge in [0.05, 0.1) is 15.9 Å². The number of para-hydroxylation sites is 2. The number of aromatic nitrogens is 2. The number of hydrogen-bond donors (Lipinski definition) is 0. The van der Waals surface area contributed by atoms with Crippen molar-refractivity contribution < 1.29 is 9.59 Å². The highest BCUT2D eigenvalue weighted by atomic mass is 32.1. The van der Waals surface area contributed by atoms with E-state index >= 15 is 0 Å². The van der Waals surface area contributed by atoms with Crippen LogP contribution in [0.3, 0.4) is 0 Å². The highest BCUT2D eigenvalue weighted by Gasteiger charge is 2.29. The first-order valence-electron chi connectivity index (χ1n) is 10.4. The lowest BCUT2D eigenvalue weighted by Crippen LogP contribution is -2.40. The molecule has 2 aromatic heterocycles. The van der Waals surface area contributed by atoms with Crippen LogP contribution < -0.4 is 0 Å². The second kappa shape index (κ2) is 8.49. The first kappa shape index (κ1) is 19.8. The molecule has 1 aromatic carbocycles. The maximum absolute atomic E-state index is 12.8. The Morgan fingerprint density at radius 2 is 2.00 bits per heavy atom. The average molecular weight is 410 g/mol. The maximum atomic E-state index is 12.8. The molecule has 1 fully saturated rings. The fraction of sp³-hybridized carbons (Fsp3) is 0.435. The first-order chi connectivity index (χ1) is 14.0. The monoisotopic (exact) mass is 409 g/mol. The molecule has 4 rings (SSSR count). The van der Waals surface area contributed by atoms with Crippen molar-refractivity contribution in [1.29, 1.82) is 0 Å². The fourth-order valence-corrected chi connectivity index (χ4v) is 4.94. The number of piperidine rings is 1. The minimum atomic E-state index is 0.0588. The van der Waals surface area contributed by atoms with E-state index in [1.165, 1.54) is 11.3 Å². The van der Waals surface area contributed by atoms with Gasteiger partial charge >= 0.3 is 0 Å². The predicted molar refractivity (Wildman–Crippen MR) is 117 cm³/mol. The third-order valence-electron chi connectivity index (χ3n) is 5.64. The Labute approximate surface area is 175 Å². The van der Waals surface area contributed by atoms with Gasteiger partial charge in [-0.15, -0.1) is 11.3 Å². The molecule has 1 atom stereocenters. The van der Waals surface area contributed by atoms with Gasteiger partial charge in [-0.25, -0.2) is 4.98 Å². The molecule has 0 radical (unpaired) electrons. The minimum Gasteiger partial charge on any atom is -0.342 e. The number of fused-ring (bicyclic) bond motifs is 1. The normalized spacial score (nSPS) is 17.2. The standard InChI is InChI=1S/C23H27N3O2S/c1-16(2)26-19-9-4-3-8-18(19)24-23(26)17-7-5-13-25(15-17)22(28)12-11-20(27)21-10-6-14-29-21/h3-4,6,8-10,14,16-17H,5,7,11-13,15H2,1-2H3. The van der Waals surface area contributed by atoms with Crippen molar-refractivity contribution in [3.05, 3.63) is 52.5 Å². The minimum absolute atomic E-state index is 0.0588. The van der Waals surface area contributed by atoms with Gasteiger partial charge in [-0.1, -0.05) is 18.2 Å². The van der Waals surface area contributed by atoms with Crippen LogP contribution in [0.5, 0.6) is 0 Å². The summed E-state index contributed by atoms with van der Waals surface area (Å²) in [6, 6.07) is 12.2. The van der Waals surface area contributed by atoms with Gasteiger partial charge in [-0.05, 0) is 50.3 Å². The number of Topliss-reactive ketones (excluding diaryl/α,β-unsaturated/α-hetero) is 1. The topological polar surface area (TPSA) is 55.2 Å². The van der Waals surface area contributed by atoms with Crippen LogP contribution >= 0.6 is 11.3 Å². The Balaban J connectivity index is 1.47. The molecule has 5 nitrogen and oxygen atoms in total. The molecule has 0 N–H and O–H groups in total. The van der Waals surface area contributed by atoms with Crippen LogP contribution in [0.15, 0.2) is 41.8 Å². The largest absolute Gasteiger partial charge is 0.342 e. The van der Waals surface area contributed by atoms with Crippen LogP contribution in [0.2, 0.25) is 0 Å². The van der Waals surface area contributed by atoms with E-state index in [0.717, 1.165) is 41.1 Å². The van der Waals surface area contributed by atoms with Gasteiger partial charge in [0.15, 0.2) is 5.78 Å².